The van der Waals surface area contributed by atoms with Gasteiger partial charge in [0.05, 0.1) is 5.66 Å². The van der Waals surface area contributed by atoms with Crippen molar-refractivity contribution in [3.63, 3.8) is 0 Å². The molecule has 86 valence electrons. The Labute approximate surface area is 99.9 Å². The molecule has 0 aliphatic heterocycles. The molecule has 0 aliphatic carbocycles. The monoisotopic (exact) mass is 248 g/mol. The van der Waals surface area contributed by atoms with Crippen LogP contribution in [-0.4, -0.2) is 5.11 Å². The first-order valence-corrected chi connectivity index (χ1v) is 5.95. The molecule has 2 nitrogen and oxygen atoms in total. The lowest BCUT2D eigenvalue weighted by atomic mass is 10.0. The maximum absolute atomic E-state index is 12.8. The van der Waals surface area contributed by atoms with Gasteiger partial charge in [0, 0.05) is 0 Å². The lowest BCUT2D eigenvalue weighted by Gasteiger charge is -2.10. The topological polar surface area (TPSA) is 37.3 Å². The van der Waals surface area contributed by atoms with Crippen molar-refractivity contribution in [2.45, 2.75) is 5.66 Å². The Kier molecular flexibility index (Phi) is 3.50. The van der Waals surface area contributed by atoms with Gasteiger partial charge in [0.2, 0.25) is 0 Å². The maximum Gasteiger partial charge on any atom is 0.168 e. The highest BCUT2D eigenvalue weighted by Gasteiger charge is 2.14. The second-order valence-corrected chi connectivity index (χ2v) is 4.38. The van der Waals surface area contributed by atoms with E-state index in [-0.39, 0.29) is 25.7 Å². The summed E-state index contributed by atoms with van der Waals surface area (Å²) in [6.07, 6.45) is 0. The number of hydrogen-bond acceptors (Lipinski definition) is 2. The fourth-order valence-electron chi connectivity index (χ4n) is 1.62. The largest absolute Gasteiger partial charge is 0.508 e. The molecule has 2 aromatic rings. The Bertz CT molecular complexity index is 462. The Hall–Kier alpha value is -1.73. The fraction of sp³-hybridized carbons (Fsp3) is 0.0769. The van der Waals surface area contributed by atoms with Crippen LogP contribution >= 0.6 is 8.46 Å². The molecule has 1 unspecified atom stereocenters. The van der Waals surface area contributed by atoms with Crippen molar-refractivity contribution in [2.24, 2.45) is 0 Å². The molecular formula is C13H10FO2P. The first-order valence-electron chi connectivity index (χ1n) is 5.07. The molecule has 0 radical (unpaired) electrons. The Morgan fingerprint density at radius 1 is 0.941 bits per heavy atom. The predicted octanol–water partition coefficient (Wildman–Crippen LogP) is 3.91. The van der Waals surface area contributed by atoms with Crippen molar-refractivity contribution in [3.05, 3.63) is 65.5 Å². The number of halogens is 1. The molecule has 0 saturated heterocycles. The van der Waals surface area contributed by atoms with Crippen LogP contribution in [0.1, 0.15) is 16.8 Å². The first-order chi connectivity index (χ1) is 8.20. The molecule has 1 N–H and O–H groups in total. The zero-order valence-corrected chi connectivity index (χ0v) is 9.77. The summed E-state index contributed by atoms with van der Waals surface area (Å²) in [5, 5.41) is 9.19. The molecule has 17 heavy (non-hydrogen) atoms. The standard InChI is InChI=1S/C13H10FO2P/c14-11-5-1-9(2-6-11)13(17-16)10-3-7-12(15)8-4-10/h1-8,13,15H. The summed E-state index contributed by atoms with van der Waals surface area (Å²) < 4.78 is 24.0. The molecule has 0 aromatic heterocycles. The van der Waals surface area contributed by atoms with Gasteiger partial charge in [-0.1, -0.05) is 24.3 Å². The van der Waals surface area contributed by atoms with Crippen LogP contribution in [0.3, 0.4) is 0 Å². The quantitative estimate of drug-likeness (QED) is 0.836. The smallest absolute Gasteiger partial charge is 0.168 e. The molecule has 0 fully saturated rings. The van der Waals surface area contributed by atoms with Gasteiger partial charge in [0.15, 0.2) is 8.46 Å². The molecule has 1 atom stereocenters. The normalized spacial score (nSPS) is 12.5. The van der Waals surface area contributed by atoms with E-state index in [4.69, 9.17) is 0 Å². The van der Waals surface area contributed by atoms with E-state index in [0.29, 0.717) is 0 Å². The van der Waals surface area contributed by atoms with Gasteiger partial charge >= 0.3 is 0 Å². The van der Waals surface area contributed by atoms with Crippen molar-refractivity contribution in [1.29, 1.82) is 0 Å². The summed E-state index contributed by atoms with van der Waals surface area (Å²) in [6.45, 7) is 0. The Morgan fingerprint density at radius 2 is 1.41 bits per heavy atom. The average molecular weight is 248 g/mol. The van der Waals surface area contributed by atoms with Gasteiger partial charge in [-0.25, -0.2) is 4.39 Å². The van der Waals surface area contributed by atoms with Crippen LogP contribution in [0.15, 0.2) is 48.5 Å². The van der Waals surface area contributed by atoms with E-state index in [0.717, 1.165) is 11.1 Å². The summed E-state index contributed by atoms with van der Waals surface area (Å²) in [4.78, 5) is 0. The van der Waals surface area contributed by atoms with Crippen LogP contribution in [-0.2, 0) is 4.57 Å². The number of aromatic hydroxyl groups is 1. The molecule has 4 heteroatoms. The van der Waals surface area contributed by atoms with E-state index >= 15 is 0 Å². The predicted molar refractivity (Wildman–Crippen MR) is 64.0 cm³/mol. The van der Waals surface area contributed by atoms with E-state index in [1.807, 2.05) is 0 Å². The number of phenols is 1. The molecule has 2 aromatic carbocycles. The second kappa shape index (κ2) is 5.07. The number of phenolic OH excluding ortho intramolecular Hbond substituents is 1. The number of hydrogen-bond donors (Lipinski definition) is 1. The second-order valence-electron chi connectivity index (χ2n) is 3.65. The van der Waals surface area contributed by atoms with Gasteiger partial charge in [0.1, 0.15) is 11.6 Å². The molecule has 0 amide bonds. The SMILES string of the molecule is O=PC(c1ccc(O)cc1)c1ccc(F)cc1. The lowest BCUT2D eigenvalue weighted by Crippen LogP contribution is -1.93. The fourth-order valence-corrected chi connectivity index (χ4v) is 2.20. The number of rotatable bonds is 3. The highest BCUT2D eigenvalue weighted by Crippen LogP contribution is 2.34. The van der Waals surface area contributed by atoms with E-state index in [1.54, 1.807) is 24.3 Å². The van der Waals surface area contributed by atoms with E-state index < -0.39 is 0 Å². The molecule has 0 spiro atoms. The summed E-state index contributed by atoms with van der Waals surface area (Å²) in [5.74, 6) is -0.157. The van der Waals surface area contributed by atoms with Crippen LogP contribution in [0.25, 0.3) is 0 Å². The highest BCUT2D eigenvalue weighted by molar-refractivity contribution is 7.24. The highest BCUT2D eigenvalue weighted by atomic mass is 31.1. The Morgan fingerprint density at radius 3 is 1.88 bits per heavy atom. The summed E-state index contributed by atoms with van der Waals surface area (Å²) in [5.41, 5.74) is 1.25. The summed E-state index contributed by atoms with van der Waals surface area (Å²) in [6, 6.07) is 12.4. The molecule has 2 rings (SSSR count). The van der Waals surface area contributed by atoms with Crippen molar-refractivity contribution in [2.75, 3.05) is 0 Å². The van der Waals surface area contributed by atoms with E-state index in [9.17, 15) is 14.1 Å². The minimum Gasteiger partial charge on any atom is -0.508 e. The van der Waals surface area contributed by atoms with E-state index in [2.05, 4.69) is 0 Å². The third-order valence-electron chi connectivity index (χ3n) is 2.50. The zero-order chi connectivity index (χ0) is 12.3. The van der Waals surface area contributed by atoms with Crippen LogP contribution in [0.5, 0.6) is 5.75 Å². The van der Waals surface area contributed by atoms with Crippen LogP contribution < -0.4 is 0 Å². The number of benzene rings is 2. The average Bonchev–Trinajstić information content (AvgIpc) is 2.35. The van der Waals surface area contributed by atoms with Gasteiger partial charge in [-0.05, 0) is 35.4 Å². The van der Waals surface area contributed by atoms with Crippen molar-refractivity contribution >= 4 is 8.46 Å². The van der Waals surface area contributed by atoms with Crippen molar-refractivity contribution in [1.82, 2.24) is 0 Å². The summed E-state index contributed by atoms with van der Waals surface area (Å²) in [7, 11) is -0.0615. The third kappa shape index (κ3) is 2.69. The van der Waals surface area contributed by atoms with Crippen molar-refractivity contribution < 1.29 is 14.1 Å². The zero-order valence-electron chi connectivity index (χ0n) is 8.88. The third-order valence-corrected chi connectivity index (χ3v) is 3.31. The van der Waals surface area contributed by atoms with Crippen LogP contribution in [0, 0.1) is 5.82 Å². The van der Waals surface area contributed by atoms with Gasteiger partial charge < -0.3 is 5.11 Å². The molecule has 0 aliphatic rings. The molecular weight excluding hydrogens is 238 g/mol. The van der Waals surface area contributed by atoms with Crippen LogP contribution in [0.2, 0.25) is 0 Å². The van der Waals surface area contributed by atoms with Gasteiger partial charge in [-0.15, -0.1) is 0 Å². The summed E-state index contributed by atoms with van der Waals surface area (Å²) >= 11 is 0. The first kappa shape index (κ1) is 11.7. The Balaban J connectivity index is 2.36. The minimum absolute atomic E-state index is 0.0615. The molecule has 0 saturated carbocycles. The lowest BCUT2D eigenvalue weighted by molar-refractivity contribution is 0.475. The molecule has 0 bridgehead atoms. The van der Waals surface area contributed by atoms with Gasteiger partial charge in [-0.2, -0.15) is 0 Å². The van der Waals surface area contributed by atoms with Crippen LogP contribution in [0.4, 0.5) is 4.39 Å². The maximum atomic E-state index is 12.8. The van der Waals surface area contributed by atoms with Gasteiger partial charge in [0.25, 0.3) is 0 Å². The van der Waals surface area contributed by atoms with Gasteiger partial charge in [-0.3, -0.25) is 4.57 Å². The molecule has 0 heterocycles. The minimum atomic E-state index is -0.337. The van der Waals surface area contributed by atoms with E-state index in [1.165, 1.54) is 24.3 Å². The van der Waals surface area contributed by atoms with Crippen molar-refractivity contribution in [3.8, 4) is 5.75 Å².